The molecule has 2 aromatic rings. The van der Waals surface area contributed by atoms with Crippen LogP contribution in [0.25, 0.3) is 0 Å². The number of carbonyl (C=O) groups is 4. The number of nitrogens with zero attached hydrogens (tertiary/aromatic N) is 3. The van der Waals surface area contributed by atoms with E-state index in [2.05, 4.69) is 36.7 Å². The molecule has 1 aliphatic carbocycles. The molecule has 0 bridgehead atoms. The summed E-state index contributed by atoms with van der Waals surface area (Å²) in [5.74, 6) is -1.83. The number of nitrogens with one attached hydrogen (secondary N) is 6. The van der Waals surface area contributed by atoms with Crippen LogP contribution < -0.4 is 41.6 Å². The fraction of sp³-hybridized carbons (Fsp3) is 0.622. The first-order valence-electron chi connectivity index (χ1n) is 19.3. The monoisotopic (exact) mass is 817 g/mol. The molecule has 4 rings (SSSR count). The highest BCUT2D eigenvalue weighted by molar-refractivity contribution is 7.14. The van der Waals surface area contributed by atoms with Crippen molar-refractivity contribution in [2.24, 2.45) is 5.16 Å². The Bertz CT molecular complexity index is 1820. The van der Waals surface area contributed by atoms with Crippen molar-refractivity contribution in [3.05, 3.63) is 33.6 Å². The number of carbonyl (C=O) groups excluding carboxylic acids is 4. The average Bonchev–Trinajstić information content (AvgIpc) is 3.58. The zero-order chi connectivity index (χ0) is 41.6. The SMILES string of the molecule is CCCCOC(=O)C1(O/N=C(\C(=O)N[C@@H]2C(=O)N[C@@H]2CNC(=N)Nc2cc(=O)c(OCCCC)cn2OCCCC)c2csc(NC(=O)OC(C)(C)C)n2)CCC1. The van der Waals surface area contributed by atoms with E-state index in [1.54, 1.807) is 20.8 Å². The minimum Gasteiger partial charge on any atom is -0.488 e. The van der Waals surface area contributed by atoms with Gasteiger partial charge in [-0.25, -0.2) is 14.6 Å². The van der Waals surface area contributed by atoms with E-state index in [9.17, 15) is 24.0 Å². The van der Waals surface area contributed by atoms with Crippen LogP contribution in [-0.2, 0) is 28.7 Å². The van der Waals surface area contributed by atoms with Gasteiger partial charge in [0, 0.05) is 30.8 Å². The Morgan fingerprint density at radius 2 is 1.75 bits per heavy atom. The first-order chi connectivity index (χ1) is 27.2. The zero-order valence-corrected chi connectivity index (χ0v) is 34.2. The van der Waals surface area contributed by atoms with Gasteiger partial charge in [-0.3, -0.25) is 25.1 Å². The number of ether oxygens (including phenoxy) is 3. The highest BCUT2D eigenvalue weighted by Gasteiger charge is 2.50. The van der Waals surface area contributed by atoms with E-state index in [0.717, 1.165) is 43.4 Å². The van der Waals surface area contributed by atoms with E-state index in [1.807, 2.05) is 20.8 Å². The van der Waals surface area contributed by atoms with Gasteiger partial charge < -0.3 is 45.2 Å². The number of anilines is 2. The predicted octanol–water partition coefficient (Wildman–Crippen LogP) is 3.67. The molecule has 0 spiro atoms. The van der Waals surface area contributed by atoms with Gasteiger partial charge in [-0.15, -0.1) is 11.3 Å². The Morgan fingerprint density at radius 1 is 1.05 bits per heavy atom. The Hall–Kier alpha value is -5.40. The second-order valence-corrected chi connectivity index (χ2v) is 15.4. The van der Waals surface area contributed by atoms with Crippen LogP contribution in [0.1, 0.15) is 105 Å². The molecule has 57 heavy (non-hydrogen) atoms. The molecule has 1 saturated heterocycles. The normalized spacial score (nSPS) is 17.2. The van der Waals surface area contributed by atoms with E-state index >= 15 is 0 Å². The summed E-state index contributed by atoms with van der Waals surface area (Å²) < 4.78 is 17.7. The number of pyridine rings is 1. The minimum absolute atomic E-state index is 0.00198. The minimum atomic E-state index is -1.38. The van der Waals surface area contributed by atoms with Gasteiger partial charge in [0.2, 0.25) is 16.9 Å². The van der Waals surface area contributed by atoms with Gasteiger partial charge in [-0.2, -0.15) is 4.73 Å². The largest absolute Gasteiger partial charge is 0.488 e. The van der Waals surface area contributed by atoms with Gasteiger partial charge >= 0.3 is 12.1 Å². The molecule has 2 aromatic heterocycles. The number of amides is 3. The predicted molar refractivity (Wildman–Crippen MR) is 213 cm³/mol. The molecule has 6 N–H and O–H groups in total. The summed E-state index contributed by atoms with van der Waals surface area (Å²) in [7, 11) is 0. The van der Waals surface area contributed by atoms with Crippen molar-refractivity contribution in [2.75, 3.05) is 37.0 Å². The van der Waals surface area contributed by atoms with Crippen LogP contribution in [-0.4, -0.2) is 94.9 Å². The topological polar surface area (TPSA) is 246 Å². The Kier molecular flexibility index (Phi) is 16.1. The van der Waals surface area contributed by atoms with Crippen LogP contribution in [0, 0.1) is 5.41 Å². The van der Waals surface area contributed by atoms with Gasteiger partial charge in [0.15, 0.2) is 28.4 Å². The van der Waals surface area contributed by atoms with E-state index < -0.39 is 52.6 Å². The number of guanidine groups is 1. The van der Waals surface area contributed by atoms with Crippen molar-refractivity contribution in [1.29, 1.82) is 5.41 Å². The van der Waals surface area contributed by atoms with Crippen LogP contribution >= 0.6 is 11.3 Å². The third kappa shape index (κ3) is 12.8. The lowest BCUT2D eigenvalue weighted by Gasteiger charge is -2.37. The fourth-order valence-corrected chi connectivity index (χ4v) is 5.93. The van der Waals surface area contributed by atoms with Crippen LogP contribution in [0.2, 0.25) is 0 Å². The number of hydrogen-bond acceptors (Lipinski definition) is 14. The molecule has 0 unspecified atom stereocenters. The molecule has 19 nitrogen and oxygen atoms in total. The second kappa shape index (κ2) is 20.7. The third-order valence-electron chi connectivity index (χ3n) is 8.66. The number of esters is 1. The Labute approximate surface area is 335 Å². The maximum absolute atomic E-state index is 13.8. The summed E-state index contributed by atoms with van der Waals surface area (Å²) in [4.78, 5) is 80.7. The van der Waals surface area contributed by atoms with Gasteiger partial charge in [0.25, 0.3) is 5.91 Å². The molecule has 20 heteroatoms. The second-order valence-electron chi connectivity index (χ2n) is 14.6. The molecule has 1 saturated carbocycles. The molecule has 3 heterocycles. The van der Waals surface area contributed by atoms with Crippen molar-refractivity contribution in [3.63, 3.8) is 0 Å². The van der Waals surface area contributed by atoms with E-state index in [0.29, 0.717) is 38.9 Å². The molecule has 2 fully saturated rings. The highest BCUT2D eigenvalue weighted by Crippen LogP contribution is 2.37. The van der Waals surface area contributed by atoms with Gasteiger partial charge in [-0.05, 0) is 46.5 Å². The van der Waals surface area contributed by atoms with Crippen molar-refractivity contribution < 1.29 is 43.1 Å². The van der Waals surface area contributed by atoms with Crippen LogP contribution in [0.4, 0.5) is 15.7 Å². The van der Waals surface area contributed by atoms with Crippen molar-refractivity contribution in [3.8, 4) is 5.75 Å². The number of oxime groups is 1. The first kappa shape index (κ1) is 44.3. The number of unbranched alkanes of at least 4 members (excludes halogenated alkanes) is 3. The van der Waals surface area contributed by atoms with Crippen molar-refractivity contribution >= 4 is 57.8 Å². The number of thiazole rings is 1. The van der Waals surface area contributed by atoms with E-state index in [-0.39, 0.29) is 47.2 Å². The molecule has 0 radical (unpaired) electrons. The summed E-state index contributed by atoms with van der Waals surface area (Å²) in [6, 6.07) is -0.464. The molecule has 2 atom stereocenters. The molecule has 0 aromatic carbocycles. The van der Waals surface area contributed by atoms with Crippen LogP contribution in [0.5, 0.6) is 5.75 Å². The van der Waals surface area contributed by atoms with Crippen LogP contribution in [0.3, 0.4) is 0 Å². The first-order valence-corrected chi connectivity index (χ1v) is 20.2. The highest BCUT2D eigenvalue weighted by atomic mass is 32.1. The molecule has 2 aliphatic rings. The summed E-state index contributed by atoms with van der Waals surface area (Å²) in [5.41, 5.74) is -2.88. The summed E-state index contributed by atoms with van der Waals surface area (Å²) in [6.07, 6.45) is 6.86. The average molecular weight is 818 g/mol. The molecule has 3 amide bonds. The number of β-lactam (4-membered cyclic amide) rings is 1. The Morgan fingerprint density at radius 3 is 2.40 bits per heavy atom. The summed E-state index contributed by atoms with van der Waals surface area (Å²) in [6.45, 7) is 12.1. The van der Waals surface area contributed by atoms with Crippen molar-refractivity contribution in [1.82, 2.24) is 25.7 Å². The molecular weight excluding hydrogens is 763 g/mol. The lowest BCUT2D eigenvalue weighted by Crippen LogP contribution is -2.72. The van der Waals surface area contributed by atoms with Crippen LogP contribution in [0.15, 0.2) is 27.6 Å². The standard InChI is InChI=1S/C37H55N9O10S/c1-7-10-16-52-26-21-46(54-18-12-9-3)27(19-25(26)47)42-33(38)39-20-23-28(30(48)40-23)43-31(49)29(24-22-57-34(41-24)44-35(51)55-36(4,5)6)45-56-37(14-13-15-37)32(50)53-17-11-8-2/h19,21-23,28H,7-18,20H2,1-6H3,(H,40,48)(H,43,49)(H3,38,39,42)(H,41,44,51)/b45-29-/t23-,28+/m1/s1. The number of hydrogen-bond donors (Lipinski definition) is 6. The maximum atomic E-state index is 13.8. The molecule has 1 aliphatic heterocycles. The number of rotatable bonds is 21. The Balaban J connectivity index is 1.46. The maximum Gasteiger partial charge on any atom is 0.413 e. The van der Waals surface area contributed by atoms with Crippen molar-refractivity contribution in [2.45, 2.75) is 123 Å². The summed E-state index contributed by atoms with van der Waals surface area (Å²) in [5, 5.41) is 27.7. The smallest absolute Gasteiger partial charge is 0.413 e. The number of aromatic nitrogens is 2. The van der Waals surface area contributed by atoms with Gasteiger partial charge in [-0.1, -0.05) is 45.2 Å². The lowest BCUT2D eigenvalue weighted by atomic mass is 9.80. The lowest BCUT2D eigenvalue weighted by molar-refractivity contribution is -0.185. The van der Waals surface area contributed by atoms with Gasteiger partial charge in [0.1, 0.15) is 23.9 Å². The zero-order valence-electron chi connectivity index (χ0n) is 33.4. The third-order valence-corrected chi connectivity index (χ3v) is 9.42. The molecule has 314 valence electrons. The van der Waals surface area contributed by atoms with E-state index in [1.165, 1.54) is 22.4 Å². The fourth-order valence-electron chi connectivity index (χ4n) is 5.25. The summed E-state index contributed by atoms with van der Waals surface area (Å²) >= 11 is 0.998. The van der Waals surface area contributed by atoms with E-state index in [4.69, 9.17) is 29.3 Å². The van der Waals surface area contributed by atoms with Gasteiger partial charge in [0.05, 0.1) is 25.5 Å². The quantitative estimate of drug-likeness (QED) is 0.0263. The molecular formula is C37H55N9O10S.